The molecule has 2 saturated heterocycles. The van der Waals surface area contributed by atoms with E-state index >= 15 is 0 Å². The Labute approximate surface area is 196 Å². The Kier molecular flexibility index (Phi) is 7.67. The van der Waals surface area contributed by atoms with E-state index < -0.39 is 10.0 Å². The number of nitrogens with zero attached hydrogens (tertiary/aromatic N) is 2. The van der Waals surface area contributed by atoms with E-state index in [4.69, 9.17) is 4.74 Å². The molecule has 0 unspecified atom stereocenters. The molecule has 2 aromatic rings. The summed E-state index contributed by atoms with van der Waals surface area (Å²) in [6.07, 6.45) is 5.57. The zero-order valence-corrected chi connectivity index (χ0v) is 20.1. The SMILES string of the molecule is COc1ccc(C(=O)NCc2ccc(CN3CCCCC3)cc2)cc1S(=O)(=O)N1CCCC1. The number of hydrogen-bond acceptors (Lipinski definition) is 5. The molecule has 2 aliphatic heterocycles. The Morgan fingerprint density at radius 1 is 0.909 bits per heavy atom. The minimum atomic E-state index is -3.70. The van der Waals surface area contributed by atoms with Crippen LogP contribution in [0.3, 0.4) is 0 Å². The third kappa shape index (κ3) is 5.75. The zero-order chi connectivity index (χ0) is 23.3. The summed E-state index contributed by atoms with van der Waals surface area (Å²) in [5, 5.41) is 2.90. The van der Waals surface area contributed by atoms with E-state index in [1.165, 1.54) is 42.3 Å². The summed E-state index contributed by atoms with van der Waals surface area (Å²) >= 11 is 0. The van der Waals surface area contributed by atoms with Gasteiger partial charge in [0.15, 0.2) is 0 Å². The molecule has 4 rings (SSSR count). The van der Waals surface area contributed by atoms with E-state index in [0.717, 1.165) is 38.0 Å². The summed E-state index contributed by atoms with van der Waals surface area (Å²) < 4.78 is 32.8. The number of sulfonamides is 1. The highest BCUT2D eigenvalue weighted by atomic mass is 32.2. The first-order valence-electron chi connectivity index (χ1n) is 11.7. The van der Waals surface area contributed by atoms with Gasteiger partial charge in [0, 0.05) is 31.7 Å². The minimum absolute atomic E-state index is 0.0432. The molecule has 2 aliphatic rings. The van der Waals surface area contributed by atoms with E-state index in [1.807, 2.05) is 12.1 Å². The summed E-state index contributed by atoms with van der Waals surface area (Å²) in [7, 11) is -2.26. The summed E-state index contributed by atoms with van der Waals surface area (Å²) in [5.41, 5.74) is 2.58. The standard InChI is InChI=1S/C25H33N3O4S/c1-32-23-12-11-22(17-24(23)33(30,31)28-15-5-6-16-28)25(29)26-18-20-7-9-21(10-8-20)19-27-13-3-2-4-14-27/h7-12,17H,2-6,13-16,18-19H2,1H3,(H,26,29). The molecule has 0 spiro atoms. The van der Waals surface area contributed by atoms with Crippen LogP contribution in [0.2, 0.25) is 0 Å². The third-order valence-electron chi connectivity index (χ3n) is 6.44. The van der Waals surface area contributed by atoms with Crippen LogP contribution in [-0.4, -0.2) is 56.8 Å². The van der Waals surface area contributed by atoms with Crippen molar-refractivity contribution >= 4 is 15.9 Å². The van der Waals surface area contributed by atoms with Gasteiger partial charge in [-0.15, -0.1) is 0 Å². The van der Waals surface area contributed by atoms with Crippen molar-refractivity contribution in [1.82, 2.24) is 14.5 Å². The molecule has 0 aliphatic carbocycles. The van der Waals surface area contributed by atoms with E-state index in [2.05, 4.69) is 22.3 Å². The molecule has 0 aromatic heterocycles. The largest absolute Gasteiger partial charge is 0.495 e. The van der Waals surface area contributed by atoms with Gasteiger partial charge in [-0.05, 0) is 68.1 Å². The second-order valence-corrected chi connectivity index (χ2v) is 10.7. The maximum absolute atomic E-state index is 13.1. The maximum Gasteiger partial charge on any atom is 0.251 e. The van der Waals surface area contributed by atoms with Gasteiger partial charge in [-0.1, -0.05) is 30.7 Å². The van der Waals surface area contributed by atoms with Gasteiger partial charge in [-0.3, -0.25) is 9.69 Å². The summed E-state index contributed by atoms with van der Waals surface area (Å²) in [4.78, 5) is 15.3. The average Bonchev–Trinajstić information content (AvgIpc) is 3.40. The Hall–Kier alpha value is -2.42. The van der Waals surface area contributed by atoms with Crippen molar-refractivity contribution in [3.05, 3.63) is 59.2 Å². The van der Waals surface area contributed by atoms with Gasteiger partial charge in [0.25, 0.3) is 5.91 Å². The minimum Gasteiger partial charge on any atom is -0.495 e. The first kappa shape index (κ1) is 23.7. The first-order chi connectivity index (χ1) is 16.0. The molecule has 0 saturated carbocycles. The van der Waals surface area contributed by atoms with Crippen LogP contribution in [0.5, 0.6) is 5.75 Å². The number of carbonyl (C=O) groups excluding carboxylic acids is 1. The molecule has 2 fully saturated rings. The fraction of sp³-hybridized carbons (Fsp3) is 0.480. The fourth-order valence-electron chi connectivity index (χ4n) is 4.51. The average molecular weight is 472 g/mol. The predicted octanol–water partition coefficient (Wildman–Crippen LogP) is 3.40. The molecule has 1 amide bonds. The van der Waals surface area contributed by atoms with Crippen molar-refractivity contribution in [3.63, 3.8) is 0 Å². The highest BCUT2D eigenvalue weighted by molar-refractivity contribution is 7.89. The lowest BCUT2D eigenvalue weighted by Crippen LogP contribution is -2.29. The number of rotatable bonds is 8. The van der Waals surface area contributed by atoms with Crippen molar-refractivity contribution < 1.29 is 17.9 Å². The molecule has 0 atom stereocenters. The van der Waals surface area contributed by atoms with E-state index in [1.54, 1.807) is 12.1 Å². The van der Waals surface area contributed by atoms with E-state index in [-0.39, 0.29) is 16.6 Å². The predicted molar refractivity (Wildman–Crippen MR) is 128 cm³/mol. The van der Waals surface area contributed by atoms with Crippen molar-refractivity contribution in [2.75, 3.05) is 33.3 Å². The number of benzene rings is 2. The highest BCUT2D eigenvalue weighted by Crippen LogP contribution is 2.30. The smallest absolute Gasteiger partial charge is 0.251 e. The van der Waals surface area contributed by atoms with Gasteiger partial charge in [-0.2, -0.15) is 4.31 Å². The second kappa shape index (κ2) is 10.7. The Bertz CT molecular complexity index is 1060. The Balaban J connectivity index is 1.40. The van der Waals surface area contributed by atoms with Crippen LogP contribution < -0.4 is 10.1 Å². The van der Waals surface area contributed by atoms with Gasteiger partial charge in [0.2, 0.25) is 10.0 Å². The topological polar surface area (TPSA) is 79.0 Å². The maximum atomic E-state index is 13.1. The summed E-state index contributed by atoms with van der Waals surface area (Å²) in [5.74, 6) is -0.0596. The van der Waals surface area contributed by atoms with Crippen molar-refractivity contribution in [1.29, 1.82) is 0 Å². The number of carbonyl (C=O) groups is 1. The van der Waals surface area contributed by atoms with Crippen LogP contribution >= 0.6 is 0 Å². The number of hydrogen-bond donors (Lipinski definition) is 1. The van der Waals surface area contributed by atoms with Gasteiger partial charge >= 0.3 is 0 Å². The van der Waals surface area contributed by atoms with Gasteiger partial charge in [0.1, 0.15) is 10.6 Å². The highest BCUT2D eigenvalue weighted by Gasteiger charge is 2.30. The first-order valence-corrected chi connectivity index (χ1v) is 13.2. The lowest BCUT2D eigenvalue weighted by molar-refractivity contribution is 0.0950. The molecular weight excluding hydrogens is 438 g/mol. The monoisotopic (exact) mass is 471 g/mol. The molecule has 7 nitrogen and oxygen atoms in total. The zero-order valence-electron chi connectivity index (χ0n) is 19.3. The number of ether oxygens (including phenoxy) is 1. The van der Waals surface area contributed by atoms with Crippen LogP contribution in [-0.2, 0) is 23.1 Å². The number of amides is 1. The summed E-state index contributed by atoms with van der Waals surface area (Å²) in [6, 6.07) is 12.9. The molecule has 0 radical (unpaired) electrons. The van der Waals surface area contributed by atoms with Crippen molar-refractivity contribution in [3.8, 4) is 5.75 Å². The number of methoxy groups -OCH3 is 1. The lowest BCUT2D eigenvalue weighted by atomic mass is 10.1. The number of nitrogens with one attached hydrogen (secondary N) is 1. The van der Waals surface area contributed by atoms with Crippen LogP contribution in [0.25, 0.3) is 0 Å². The fourth-order valence-corrected chi connectivity index (χ4v) is 6.21. The van der Waals surface area contributed by atoms with Crippen LogP contribution in [0.15, 0.2) is 47.4 Å². The van der Waals surface area contributed by atoms with Crippen LogP contribution in [0, 0.1) is 0 Å². The van der Waals surface area contributed by atoms with E-state index in [9.17, 15) is 13.2 Å². The van der Waals surface area contributed by atoms with Gasteiger partial charge in [-0.25, -0.2) is 8.42 Å². The Morgan fingerprint density at radius 3 is 2.21 bits per heavy atom. The molecule has 2 heterocycles. The normalized spacial score (nSPS) is 17.7. The third-order valence-corrected chi connectivity index (χ3v) is 8.36. The second-order valence-electron chi connectivity index (χ2n) is 8.81. The number of likely N-dealkylation sites (tertiary alicyclic amines) is 1. The molecule has 1 N–H and O–H groups in total. The lowest BCUT2D eigenvalue weighted by Gasteiger charge is -2.26. The molecule has 8 heteroatoms. The van der Waals surface area contributed by atoms with Crippen LogP contribution in [0.4, 0.5) is 0 Å². The number of piperidine rings is 1. The molecule has 2 aromatic carbocycles. The quantitative estimate of drug-likeness (QED) is 0.639. The molecule has 0 bridgehead atoms. The van der Waals surface area contributed by atoms with E-state index in [0.29, 0.717) is 25.2 Å². The molecular formula is C25H33N3O4S. The molecule has 33 heavy (non-hydrogen) atoms. The van der Waals surface area contributed by atoms with Gasteiger partial charge in [0.05, 0.1) is 7.11 Å². The van der Waals surface area contributed by atoms with Crippen LogP contribution in [0.1, 0.15) is 53.6 Å². The van der Waals surface area contributed by atoms with Crippen molar-refractivity contribution in [2.24, 2.45) is 0 Å². The summed E-state index contributed by atoms with van der Waals surface area (Å²) in [6.45, 7) is 4.66. The molecule has 178 valence electrons. The van der Waals surface area contributed by atoms with Gasteiger partial charge < -0.3 is 10.1 Å². The van der Waals surface area contributed by atoms with Crippen molar-refractivity contribution in [2.45, 2.75) is 50.1 Å². The Morgan fingerprint density at radius 2 is 1.55 bits per heavy atom.